The molecule has 0 aliphatic carbocycles. The van der Waals surface area contributed by atoms with Gasteiger partial charge < -0.3 is 14.4 Å². The summed E-state index contributed by atoms with van der Waals surface area (Å²) in [6.45, 7) is 5.40. The van der Waals surface area contributed by atoms with E-state index in [4.69, 9.17) is 9.47 Å². The fraction of sp³-hybridized carbons (Fsp3) is 0.667. The maximum atomic E-state index is 12.2. The smallest absolute Gasteiger partial charge is 0.310 e. The molecule has 3 rings (SSSR count). The van der Waals surface area contributed by atoms with Crippen LogP contribution in [0.1, 0.15) is 19.8 Å². The fourth-order valence-electron chi connectivity index (χ4n) is 2.70. The summed E-state index contributed by atoms with van der Waals surface area (Å²) >= 11 is 0. The third-order valence-corrected chi connectivity index (χ3v) is 4.05. The summed E-state index contributed by atoms with van der Waals surface area (Å²) in [6.07, 6.45) is 5.27. The maximum Gasteiger partial charge on any atom is 0.310 e. The molecule has 0 amide bonds. The predicted octanol–water partition coefficient (Wildman–Crippen LogP) is 1.27. The van der Waals surface area contributed by atoms with Gasteiger partial charge in [-0.2, -0.15) is 0 Å². The number of ether oxygens (including phenoxy) is 2. The summed E-state index contributed by atoms with van der Waals surface area (Å²) in [4.78, 5) is 22.8. The number of carbonyl (C=O) groups is 1. The van der Waals surface area contributed by atoms with Gasteiger partial charge in [-0.15, -0.1) is 0 Å². The largest absolute Gasteiger partial charge is 0.465 e. The second-order valence-electron chi connectivity index (χ2n) is 6.25. The Bertz CT molecular complexity index is 490. The summed E-state index contributed by atoms with van der Waals surface area (Å²) in [6, 6.07) is 1.79. The number of aromatic nitrogens is 2. The molecule has 1 aromatic heterocycles. The summed E-state index contributed by atoms with van der Waals surface area (Å²) < 4.78 is 10.7. The second-order valence-corrected chi connectivity index (χ2v) is 6.25. The van der Waals surface area contributed by atoms with Crippen LogP contribution >= 0.6 is 0 Å². The van der Waals surface area contributed by atoms with Gasteiger partial charge in [-0.05, 0) is 18.9 Å². The van der Waals surface area contributed by atoms with Crippen LogP contribution in [-0.4, -0.2) is 48.8 Å². The number of carbonyl (C=O) groups excluding carboxylic acids is 1. The molecule has 2 aliphatic rings. The molecule has 2 aliphatic heterocycles. The van der Waals surface area contributed by atoms with Crippen molar-refractivity contribution in [2.24, 2.45) is 11.3 Å². The van der Waals surface area contributed by atoms with Gasteiger partial charge in [-0.25, -0.2) is 9.97 Å². The summed E-state index contributed by atoms with van der Waals surface area (Å²) in [5.41, 5.74) is 0.00650. The number of hydrogen-bond acceptors (Lipinski definition) is 6. The Morgan fingerprint density at radius 2 is 2.24 bits per heavy atom. The zero-order valence-corrected chi connectivity index (χ0v) is 12.3. The van der Waals surface area contributed by atoms with Crippen LogP contribution in [0.25, 0.3) is 0 Å². The molecule has 21 heavy (non-hydrogen) atoms. The van der Waals surface area contributed by atoms with Crippen LogP contribution in [0, 0.1) is 11.3 Å². The van der Waals surface area contributed by atoms with Crippen molar-refractivity contribution in [1.82, 2.24) is 9.97 Å². The number of rotatable bonds is 4. The van der Waals surface area contributed by atoms with Gasteiger partial charge in [0.2, 0.25) is 5.95 Å². The van der Waals surface area contributed by atoms with Crippen molar-refractivity contribution in [2.75, 3.05) is 37.8 Å². The minimum Gasteiger partial charge on any atom is -0.465 e. The molecule has 0 bridgehead atoms. The molecule has 2 saturated heterocycles. The van der Waals surface area contributed by atoms with Gasteiger partial charge >= 0.3 is 5.97 Å². The minimum absolute atomic E-state index is 0.00650. The van der Waals surface area contributed by atoms with E-state index in [2.05, 4.69) is 21.8 Å². The van der Waals surface area contributed by atoms with E-state index in [1.165, 1.54) is 0 Å². The van der Waals surface area contributed by atoms with Gasteiger partial charge in [0, 0.05) is 30.9 Å². The van der Waals surface area contributed by atoms with Gasteiger partial charge in [0.1, 0.15) is 6.61 Å². The molecule has 1 atom stereocenters. The van der Waals surface area contributed by atoms with Crippen molar-refractivity contribution < 1.29 is 14.3 Å². The first-order valence-corrected chi connectivity index (χ1v) is 7.43. The zero-order chi connectivity index (χ0) is 14.7. The fourth-order valence-corrected chi connectivity index (χ4v) is 2.70. The summed E-state index contributed by atoms with van der Waals surface area (Å²) in [7, 11) is 0. The molecule has 1 aromatic rings. The lowest BCUT2D eigenvalue weighted by Crippen LogP contribution is -2.45. The van der Waals surface area contributed by atoms with Crippen LogP contribution in [0.3, 0.4) is 0 Å². The van der Waals surface area contributed by atoms with E-state index in [0.29, 0.717) is 32.3 Å². The first-order valence-electron chi connectivity index (χ1n) is 7.43. The molecule has 0 spiro atoms. The Balaban J connectivity index is 1.54. The predicted molar refractivity (Wildman–Crippen MR) is 76.9 cm³/mol. The van der Waals surface area contributed by atoms with Crippen molar-refractivity contribution in [3.63, 3.8) is 0 Å². The lowest BCUT2D eigenvalue weighted by Gasteiger charge is -2.38. The third kappa shape index (κ3) is 3.32. The van der Waals surface area contributed by atoms with Crippen LogP contribution in [-0.2, 0) is 14.3 Å². The van der Waals surface area contributed by atoms with E-state index in [0.717, 1.165) is 19.4 Å². The van der Waals surface area contributed by atoms with Gasteiger partial charge in [0.05, 0.1) is 19.1 Å². The average molecular weight is 291 g/mol. The van der Waals surface area contributed by atoms with Crippen molar-refractivity contribution in [3.05, 3.63) is 18.5 Å². The van der Waals surface area contributed by atoms with Crippen molar-refractivity contribution in [3.8, 4) is 0 Å². The summed E-state index contributed by atoms with van der Waals surface area (Å²) in [5, 5.41) is 0. The van der Waals surface area contributed by atoms with Gasteiger partial charge in [-0.1, -0.05) is 6.92 Å². The van der Waals surface area contributed by atoms with Gasteiger partial charge in [0.15, 0.2) is 0 Å². The maximum absolute atomic E-state index is 12.2. The Hall–Kier alpha value is -1.69. The molecule has 0 N–H and O–H groups in total. The van der Waals surface area contributed by atoms with E-state index >= 15 is 0 Å². The molecule has 0 unspecified atom stereocenters. The number of nitrogens with zero attached hydrogens (tertiary/aromatic N) is 3. The third-order valence-electron chi connectivity index (χ3n) is 4.05. The summed E-state index contributed by atoms with van der Waals surface area (Å²) in [5.74, 6) is 0.491. The molecule has 114 valence electrons. The number of hydrogen-bond donors (Lipinski definition) is 0. The highest BCUT2D eigenvalue weighted by molar-refractivity contribution is 5.73. The Labute approximate surface area is 124 Å². The number of esters is 1. The zero-order valence-electron chi connectivity index (χ0n) is 12.3. The molecule has 0 radical (unpaired) electrons. The van der Waals surface area contributed by atoms with E-state index in [1.54, 1.807) is 18.5 Å². The highest BCUT2D eigenvalue weighted by Gasteiger charge is 2.36. The van der Waals surface area contributed by atoms with Crippen LogP contribution in [0.4, 0.5) is 5.95 Å². The van der Waals surface area contributed by atoms with Gasteiger partial charge in [0.25, 0.3) is 0 Å². The molecule has 0 aromatic carbocycles. The molecule has 2 fully saturated rings. The van der Waals surface area contributed by atoms with E-state index in [-0.39, 0.29) is 17.3 Å². The number of piperidine rings is 1. The lowest BCUT2D eigenvalue weighted by atomic mass is 9.90. The SMILES string of the molecule is CC1(COC(=O)[C@@H]2CCCN(c3ncccn3)C2)COC1. The molecule has 6 nitrogen and oxygen atoms in total. The molecular weight excluding hydrogens is 270 g/mol. The first-order chi connectivity index (χ1) is 10.2. The Morgan fingerprint density at radius 3 is 2.90 bits per heavy atom. The topological polar surface area (TPSA) is 64.5 Å². The van der Waals surface area contributed by atoms with Crippen LogP contribution < -0.4 is 4.90 Å². The highest BCUT2D eigenvalue weighted by Crippen LogP contribution is 2.28. The monoisotopic (exact) mass is 291 g/mol. The normalized spacial score (nSPS) is 24.2. The molecular formula is C15H21N3O3. The van der Waals surface area contributed by atoms with Crippen molar-refractivity contribution >= 4 is 11.9 Å². The van der Waals surface area contributed by atoms with Crippen molar-refractivity contribution in [1.29, 1.82) is 0 Å². The second kappa shape index (κ2) is 5.97. The first kappa shape index (κ1) is 14.3. The average Bonchev–Trinajstić information content (AvgIpc) is 2.52. The quantitative estimate of drug-likeness (QED) is 0.779. The Morgan fingerprint density at radius 1 is 1.48 bits per heavy atom. The van der Waals surface area contributed by atoms with Crippen LogP contribution in [0.5, 0.6) is 0 Å². The molecule has 0 saturated carbocycles. The molecule has 6 heteroatoms. The van der Waals surface area contributed by atoms with E-state index < -0.39 is 0 Å². The minimum atomic E-state index is -0.108. The standard InChI is InChI=1S/C15H21N3O3/c1-15(9-20-10-15)11-21-13(19)12-4-2-7-18(8-12)14-16-5-3-6-17-14/h3,5-6,12H,2,4,7-11H2,1H3/t12-/m1/s1. The Kier molecular flexibility index (Phi) is 4.05. The van der Waals surface area contributed by atoms with Gasteiger partial charge in [-0.3, -0.25) is 4.79 Å². The highest BCUT2D eigenvalue weighted by atomic mass is 16.5. The van der Waals surface area contributed by atoms with Crippen molar-refractivity contribution in [2.45, 2.75) is 19.8 Å². The van der Waals surface area contributed by atoms with Crippen LogP contribution in [0.2, 0.25) is 0 Å². The van der Waals surface area contributed by atoms with E-state index in [9.17, 15) is 4.79 Å². The van der Waals surface area contributed by atoms with E-state index in [1.807, 2.05) is 0 Å². The number of anilines is 1. The van der Waals surface area contributed by atoms with Crippen LogP contribution in [0.15, 0.2) is 18.5 Å². The lowest BCUT2D eigenvalue weighted by molar-refractivity contribution is -0.169. The molecule has 3 heterocycles.